The Morgan fingerprint density at radius 2 is 2.00 bits per heavy atom. The molecule has 0 aliphatic rings. The van der Waals surface area contributed by atoms with E-state index in [1.165, 1.54) is 17.1 Å². The molecule has 0 unspecified atom stereocenters. The van der Waals surface area contributed by atoms with E-state index in [2.05, 4.69) is 15.5 Å². The minimum Gasteiger partial charge on any atom is -0.204 e. The summed E-state index contributed by atoms with van der Waals surface area (Å²) in [6.07, 6.45) is 1.30. The molecule has 0 radical (unpaired) electrons. The Morgan fingerprint density at radius 3 is 2.62 bits per heavy atom. The Kier molecular flexibility index (Phi) is 1.73. The third kappa shape index (κ3) is 1.37. The van der Waals surface area contributed by atoms with Crippen LogP contribution in [-0.4, -0.2) is 20.2 Å². The molecule has 0 aliphatic heterocycles. The molecule has 2 aromatic rings. The molecule has 0 bridgehead atoms. The summed E-state index contributed by atoms with van der Waals surface area (Å²) in [5, 5.41) is 10.3. The van der Waals surface area contributed by atoms with E-state index in [-0.39, 0.29) is 0 Å². The molecule has 6 heteroatoms. The molecule has 0 spiro atoms. The van der Waals surface area contributed by atoms with Gasteiger partial charge in [0, 0.05) is 6.07 Å². The first-order valence-corrected chi connectivity index (χ1v) is 3.46. The van der Waals surface area contributed by atoms with Crippen LogP contribution in [0.1, 0.15) is 0 Å². The second kappa shape index (κ2) is 2.89. The molecule has 66 valence electrons. The molecule has 0 fully saturated rings. The Balaban J connectivity index is 2.49. The van der Waals surface area contributed by atoms with Gasteiger partial charge in [-0.25, -0.2) is 13.5 Å². The minimum absolute atomic E-state index is 0.379. The van der Waals surface area contributed by atoms with E-state index < -0.39 is 11.6 Å². The van der Waals surface area contributed by atoms with Crippen molar-refractivity contribution in [1.29, 1.82) is 0 Å². The van der Waals surface area contributed by atoms with Crippen molar-refractivity contribution in [2.75, 3.05) is 0 Å². The van der Waals surface area contributed by atoms with E-state index in [0.717, 1.165) is 12.1 Å². The number of benzene rings is 1. The van der Waals surface area contributed by atoms with Gasteiger partial charge in [-0.3, -0.25) is 0 Å². The normalized spacial score (nSPS) is 10.3. The fourth-order valence-corrected chi connectivity index (χ4v) is 0.907. The van der Waals surface area contributed by atoms with Crippen LogP contribution in [0.2, 0.25) is 0 Å². The number of rotatable bonds is 1. The summed E-state index contributed by atoms with van der Waals surface area (Å²) in [5.41, 5.74) is 0.379. The van der Waals surface area contributed by atoms with Crippen LogP contribution in [0.4, 0.5) is 8.78 Å². The summed E-state index contributed by atoms with van der Waals surface area (Å²) in [7, 11) is 0. The van der Waals surface area contributed by atoms with Crippen molar-refractivity contribution in [3.05, 3.63) is 36.2 Å². The van der Waals surface area contributed by atoms with E-state index in [4.69, 9.17) is 0 Å². The van der Waals surface area contributed by atoms with Gasteiger partial charge in [0.2, 0.25) is 0 Å². The summed E-state index contributed by atoms with van der Waals surface area (Å²) >= 11 is 0. The number of tetrazole rings is 1. The van der Waals surface area contributed by atoms with E-state index in [9.17, 15) is 8.78 Å². The zero-order chi connectivity index (χ0) is 9.26. The highest BCUT2D eigenvalue weighted by Crippen LogP contribution is 2.10. The van der Waals surface area contributed by atoms with Gasteiger partial charge in [0.1, 0.15) is 6.33 Å². The number of halogens is 2. The van der Waals surface area contributed by atoms with E-state index >= 15 is 0 Å². The molecule has 0 aliphatic carbocycles. The van der Waals surface area contributed by atoms with Crippen molar-refractivity contribution in [2.45, 2.75) is 0 Å². The quantitative estimate of drug-likeness (QED) is 0.659. The Labute approximate surface area is 71.8 Å². The predicted molar refractivity (Wildman–Crippen MR) is 39.1 cm³/mol. The van der Waals surface area contributed by atoms with Gasteiger partial charge in [0.15, 0.2) is 11.6 Å². The third-order valence-corrected chi connectivity index (χ3v) is 1.52. The molecule has 1 heterocycles. The number of aromatic nitrogens is 4. The monoisotopic (exact) mass is 182 g/mol. The van der Waals surface area contributed by atoms with Crippen molar-refractivity contribution < 1.29 is 8.78 Å². The molecule has 1 aromatic heterocycles. The van der Waals surface area contributed by atoms with Gasteiger partial charge >= 0.3 is 0 Å². The maximum absolute atomic E-state index is 12.7. The van der Waals surface area contributed by atoms with Crippen LogP contribution >= 0.6 is 0 Å². The van der Waals surface area contributed by atoms with E-state index in [1.807, 2.05) is 0 Å². The van der Waals surface area contributed by atoms with Crippen LogP contribution in [0.5, 0.6) is 0 Å². The molecular weight excluding hydrogens is 178 g/mol. The lowest BCUT2D eigenvalue weighted by Crippen LogP contribution is -1.96. The number of nitrogens with zero attached hydrogens (tertiary/aromatic N) is 4. The second-order valence-electron chi connectivity index (χ2n) is 2.35. The van der Waals surface area contributed by atoms with Gasteiger partial charge in [0.25, 0.3) is 0 Å². The average molecular weight is 182 g/mol. The summed E-state index contributed by atoms with van der Waals surface area (Å²) in [4.78, 5) is 0. The van der Waals surface area contributed by atoms with E-state index in [1.54, 1.807) is 0 Å². The van der Waals surface area contributed by atoms with Crippen LogP contribution in [0.15, 0.2) is 24.5 Å². The first-order valence-electron chi connectivity index (χ1n) is 3.46. The Morgan fingerprint density at radius 1 is 1.15 bits per heavy atom. The standard InChI is InChI=1S/C7H4F2N4/c8-6-2-1-5(3-7(6)9)13-4-10-11-12-13/h1-4H. The highest BCUT2D eigenvalue weighted by Gasteiger charge is 2.04. The molecule has 0 saturated carbocycles. The molecular formula is C7H4F2N4. The summed E-state index contributed by atoms with van der Waals surface area (Å²) in [6, 6.07) is 3.42. The second-order valence-corrected chi connectivity index (χ2v) is 2.35. The van der Waals surface area contributed by atoms with Crippen molar-refractivity contribution in [1.82, 2.24) is 20.2 Å². The van der Waals surface area contributed by atoms with Gasteiger partial charge in [-0.1, -0.05) is 0 Å². The maximum Gasteiger partial charge on any atom is 0.160 e. The van der Waals surface area contributed by atoms with Gasteiger partial charge < -0.3 is 0 Å². The van der Waals surface area contributed by atoms with Crippen LogP contribution in [-0.2, 0) is 0 Å². The van der Waals surface area contributed by atoms with Gasteiger partial charge in [0.05, 0.1) is 5.69 Å². The molecule has 1 aromatic carbocycles. The molecule has 0 N–H and O–H groups in total. The zero-order valence-corrected chi connectivity index (χ0v) is 6.35. The van der Waals surface area contributed by atoms with Crippen molar-refractivity contribution >= 4 is 0 Å². The summed E-state index contributed by atoms with van der Waals surface area (Å²) < 4.78 is 26.5. The summed E-state index contributed by atoms with van der Waals surface area (Å²) in [6.45, 7) is 0. The Bertz CT molecular complexity index is 412. The SMILES string of the molecule is Fc1ccc(-n2cnnn2)cc1F. The van der Waals surface area contributed by atoms with Crippen LogP contribution in [0.25, 0.3) is 5.69 Å². The minimum atomic E-state index is -0.923. The fourth-order valence-electron chi connectivity index (χ4n) is 0.907. The molecule has 0 amide bonds. The van der Waals surface area contributed by atoms with Gasteiger partial charge in [-0.2, -0.15) is 0 Å². The largest absolute Gasteiger partial charge is 0.204 e. The number of hydrogen-bond acceptors (Lipinski definition) is 3. The Hall–Kier alpha value is -1.85. The average Bonchev–Trinajstić information content (AvgIpc) is 2.62. The van der Waals surface area contributed by atoms with Gasteiger partial charge in [-0.15, -0.1) is 5.10 Å². The lowest BCUT2D eigenvalue weighted by atomic mass is 10.3. The first kappa shape index (κ1) is 7.78. The zero-order valence-electron chi connectivity index (χ0n) is 6.35. The highest BCUT2D eigenvalue weighted by atomic mass is 19.2. The lowest BCUT2D eigenvalue weighted by Gasteiger charge is -1.98. The third-order valence-electron chi connectivity index (χ3n) is 1.52. The summed E-state index contributed by atoms with van der Waals surface area (Å²) in [5.74, 6) is -1.81. The topological polar surface area (TPSA) is 43.6 Å². The van der Waals surface area contributed by atoms with Crippen LogP contribution in [0, 0.1) is 11.6 Å². The fraction of sp³-hybridized carbons (Fsp3) is 0. The van der Waals surface area contributed by atoms with Gasteiger partial charge in [-0.05, 0) is 22.6 Å². The number of hydrogen-bond donors (Lipinski definition) is 0. The van der Waals surface area contributed by atoms with Crippen molar-refractivity contribution in [2.24, 2.45) is 0 Å². The highest BCUT2D eigenvalue weighted by molar-refractivity contribution is 5.30. The molecule has 0 saturated heterocycles. The molecule has 13 heavy (non-hydrogen) atoms. The maximum atomic E-state index is 12.7. The van der Waals surface area contributed by atoms with Crippen molar-refractivity contribution in [3.8, 4) is 5.69 Å². The smallest absolute Gasteiger partial charge is 0.160 e. The van der Waals surface area contributed by atoms with E-state index in [0.29, 0.717) is 5.69 Å². The first-order chi connectivity index (χ1) is 6.27. The molecule has 0 atom stereocenters. The van der Waals surface area contributed by atoms with Crippen molar-refractivity contribution in [3.63, 3.8) is 0 Å². The van der Waals surface area contributed by atoms with Crippen LogP contribution < -0.4 is 0 Å². The van der Waals surface area contributed by atoms with Crippen LogP contribution in [0.3, 0.4) is 0 Å². The molecule has 4 nitrogen and oxygen atoms in total. The lowest BCUT2D eigenvalue weighted by molar-refractivity contribution is 0.507. The molecule has 2 rings (SSSR count). The predicted octanol–water partition coefficient (Wildman–Crippen LogP) is 0.941.